The lowest BCUT2D eigenvalue weighted by Crippen LogP contribution is -2.53. The Morgan fingerprint density at radius 1 is 1.00 bits per heavy atom. The minimum atomic E-state index is -0.515. The molecule has 0 unspecified atom stereocenters. The van der Waals surface area contributed by atoms with Crippen molar-refractivity contribution < 1.29 is 14.2 Å². The van der Waals surface area contributed by atoms with E-state index >= 15 is 4.39 Å². The summed E-state index contributed by atoms with van der Waals surface area (Å²) in [6.07, 6.45) is 3.30. The summed E-state index contributed by atoms with van der Waals surface area (Å²) in [6.45, 7) is 11.8. The lowest BCUT2D eigenvalue weighted by atomic mass is 9.97. The van der Waals surface area contributed by atoms with E-state index in [-0.39, 0.29) is 22.5 Å². The largest absolute Gasteiger partial charge is 0.507 e. The van der Waals surface area contributed by atoms with Crippen molar-refractivity contribution in [2.75, 3.05) is 38.2 Å². The van der Waals surface area contributed by atoms with Gasteiger partial charge in [0.25, 0.3) is 0 Å². The molecule has 0 atom stereocenters. The molecule has 1 N–H and O–H groups in total. The van der Waals surface area contributed by atoms with E-state index in [4.69, 9.17) is 16.3 Å². The molecule has 5 rings (SSSR count). The highest BCUT2D eigenvalue weighted by Gasteiger charge is 2.28. The predicted molar refractivity (Wildman–Crippen MR) is 161 cm³/mol. The molecule has 0 bridgehead atoms. The van der Waals surface area contributed by atoms with Crippen molar-refractivity contribution in [2.45, 2.75) is 33.2 Å². The molecule has 0 saturated carbocycles. The molecule has 1 aliphatic rings. The van der Waals surface area contributed by atoms with Crippen molar-refractivity contribution >= 4 is 17.3 Å². The number of imidazole rings is 1. The summed E-state index contributed by atoms with van der Waals surface area (Å²) in [4.78, 5) is 21.7. The number of halogens is 2. The van der Waals surface area contributed by atoms with E-state index in [1.54, 1.807) is 44.8 Å². The van der Waals surface area contributed by atoms with Crippen LogP contribution in [0.25, 0.3) is 27.9 Å². The molecular weight excluding hydrogens is 545 g/mol. The van der Waals surface area contributed by atoms with E-state index in [1.165, 1.54) is 21.3 Å². The molecule has 0 spiro atoms. The smallest absolute Gasteiger partial charge is 0.332 e. The Bertz CT molecular complexity index is 1670. The number of nitrogens with zero attached hydrogens (tertiary/aromatic N) is 5. The molecule has 216 valence electrons. The number of piperazine rings is 1. The quantitative estimate of drug-likeness (QED) is 0.330. The summed E-state index contributed by atoms with van der Waals surface area (Å²) in [6, 6.07) is 9.49. The van der Waals surface area contributed by atoms with Crippen molar-refractivity contribution in [3.05, 3.63) is 75.8 Å². The third kappa shape index (κ3) is 5.44. The summed E-state index contributed by atoms with van der Waals surface area (Å²) in [7, 11) is 3.25. The SMILES string of the molecule is COc1ncc(-c2cc(F)cc(-c3ccc(-n4c(C)cn(C)c4=O)c(Cl)c3)c2O)cc1N1CCN(C(C)(C)C)CC1. The van der Waals surface area contributed by atoms with Gasteiger partial charge in [0.05, 0.1) is 17.8 Å². The molecule has 1 saturated heterocycles. The topological polar surface area (TPSA) is 75.8 Å². The Morgan fingerprint density at radius 3 is 2.22 bits per heavy atom. The standard InChI is InChI=1S/C31H35ClFN5O3/c1-19-18-35(5)30(40)38(19)26-8-7-20(13-25(26)32)23-15-22(33)16-24(28(23)39)21-14-27(29(41-6)34-17-21)36-9-11-37(12-10-36)31(2,3)4/h7-8,13-18,39H,9-12H2,1-6H3. The number of benzene rings is 2. The number of rotatable bonds is 5. The normalized spacial score (nSPS) is 14.5. The van der Waals surface area contributed by atoms with Gasteiger partial charge in [-0.1, -0.05) is 17.7 Å². The van der Waals surface area contributed by atoms with Crippen LogP contribution in [0.5, 0.6) is 11.6 Å². The lowest BCUT2D eigenvalue weighted by molar-refractivity contribution is 0.128. The Morgan fingerprint density at radius 2 is 1.66 bits per heavy atom. The Labute approximate surface area is 244 Å². The maximum atomic E-state index is 15.0. The molecule has 0 amide bonds. The fourth-order valence-electron chi connectivity index (χ4n) is 5.48. The van der Waals surface area contributed by atoms with Gasteiger partial charge < -0.3 is 19.3 Å². The Kier molecular flexibility index (Phi) is 7.61. The molecule has 1 fully saturated rings. The van der Waals surface area contributed by atoms with Crippen LogP contribution >= 0.6 is 11.6 Å². The molecule has 8 nitrogen and oxygen atoms in total. The molecule has 3 heterocycles. The Hall–Kier alpha value is -3.82. The second-order valence-corrected chi connectivity index (χ2v) is 11.8. The van der Waals surface area contributed by atoms with Crippen molar-refractivity contribution in [3.63, 3.8) is 0 Å². The second-order valence-electron chi connectivity index (χ2n) is 11.4. The number of methoxy groups -OCH3 is 1. The van der Waals surface area contributed by atoms with E-state index in [0.29, 0.717) is 33.3 Å². The van der Waals surface area contributed by atoms with Crippen LogP contribution in [-0.2, 0) is 7.05 Å². The van der Waals surface area contributed by atoms with Gasteiger partial charge in [-0.2, -0.15) is 0 Å². The van der Waals surface area contributed by atoms with Gasteiger partial charge in [0.1, 0.15) is 17.3 Å². The predicted octanol–water partition coefficient (Wildman–Crippen LogP) is 5.64. The molecule has 4 aromatic rings. The van der Waals surface area contributed by atoms with Gasteiger partial charge in [0.15, 0.2) is 0 Å². The number of anilines is 1. The van der Waals surface area contributed by atoms with Crippen molar-refractivity contribution in [3.8, 4) is 39.6 Å². The van der Waals surface area contributed by atoms with Gasteiger partial charge in [0.2, 0.25) is 5.88 Å². The number of ether oxygens (including phenoxy) is 1. The average Bonchev–Trinajstić information content (AvgIpc) is 3.19. The summed E-state index contributed by atoms with van der Waals surface area (Å²) in [5, 5.41) is 11.7. The molecule has 2 aromatic heterocycles. The van der Waals surface area contributed by atoms with E-state index in [0.717, 1.165) is 37.6 Å². The van der Waals surface area contributed by atoms with Gasteiger partial charge in [-0.05, 0) is 63.6 Å². The van der Waals surface area contributed by atoms with Crippen molar-refractivity contribution in [1.29, 1.82) is 0 Å². The average molecular weight is 580 g/mol. The molecule has 0 radical (unpaired) electrons. The first-order valence-electron chi connectivity index (χ1n) is 13.5. The highest BCUT2D eigenvalue weighted by Crippen LogP contribution is 2.42. The minimum absolute atomic E-state index is 0.0804. The Balaban J connectivity index is 1.52. The maximum absolute atomic E-state index is 15.0. The first-order valence-corrected chi connectivity index (χ1v) is 13.9. The number of phenolic OH excluding ortho intramolecular Hbond substituents is 1. The zero-order chi connectivity index (χ0) is 29.6. The fraction of sp³-hybridized carbons (Fsp3) is 0.355. The van der Waals surface area contributed by atoms with Crippen LogP contribution in [0.15, 0.2) is 53.6 Å². The zero-order valence-electron chi connectivity index (χ0n) is 24.2. The third-order valence-corrected chi connectivity index (χ3v) is 8.01. The number of aryl methyl sites for hydroxylation is 2. The van der Waals surface area contributed by atoms with Crippen LogP contribution in [0.4, 0.5) is 10.1 Å². The van der Waals surface area contributed by atoms with Crippen LogP contribution in [0.3, 0.4) is 0 Å². The van der Waals surface area contributed by atoms with Crippen LogP contribution in [0, 0.1) is 12.7 Å². The highest BCUT2D eigenvalue weighted by molar-refractivity contribution is 6.32. The molecular formula is C31H35ClFN5O3. The molecule has 1 aliphatic heterocycles. The van der Waals surface area contributed by atoms with E-state index in [1.807, 2.05) is 13.0 Å². The van der Waals surface area contributed by atoms with Gasteiger partial charge in [0, 0.05) is 73.5 Å². The van der Waals surface area contributed by atoms with Gasteiger partial charge >= 0.3 is 5.69 Å². The summed E-state index contributed by atoms with van der Waals surface area (Å²) < 4.78 is 23.6. The van der Waals surface area contributed by atoms with E-state index < -0.39 is 5.82 Å². The number of hydrogen-bond donors (Lipinski definition) is 1. The zero-order valence-corrected chi connectivity index (χ0v) is 25.0. The number of hydrogen-bond acceptors (Lipinski definition) is 6. The highest BCUT2D eigenvalue weighted by atomic mass is 35.5. The molecule has 41 heavy (non-hydrogen) atoms. The van der Waals surface area contributed by atoms with Gasteiger partial charge in [-0.3, -0.25) is 9.47 Å². The van der Waals surface area contributed by atoms with Crippen LogP contribution in [-0.4, -0.2) is 63.0 Å². The summed E-state index contributed by atoms with van der Waals surface area (Å²) in [5.74, 6) is -0.138. The monoisotopic (exact) mass is 579 g/mol. The third-order valence-electron chi connectivity index (χ3n) is 7.71. The second kappa shape index (κ2) is 10.9. The fourth-order valence-corrected chi connectivity index (χ4v) is 5.74. The lowest BCUT2D eigenvalue weighted by Gasteiger charge is -2.43. The van der Waals surface area contributed by atoms with Gasteiger partial charge in [-0.25, -0.2) is 14.2 Å². The van der Waals surface area contributed by atoms with Crippen LogP contribution in [0.2, 0.25) is 5.02 Å². The van der Waals surface area contributed by atoms with Crippen molar-refractivity contribution in [2.24, 2.45) is 7.05 Å². The number of aromatic nitrogens is 3. The van der Waals surface area contributed by atoms with Gasteiger partial charge in [-0.15, -0.1) is 0 Å². The van der Waals surface area contributed by atoms with Crippen LogP contribution < -0.4 is 15.3 Å². The summed E-state index contributed by atoms with van der Waals surface area (Å²) in [5.41, 5.74) is 3.54. The summed E-state index contributed by atoms with van der Waals surface area (Å²) >= 11 is 6.62. The minimum Gasteiger partial charge on any atom is -0.507 e. The number of pyridine rings is 1. The van der Waals surface area contributed by atoms with E-state index in [9.17, 15) is 9.90 Å². The first kappa shape index (κ1) is 28.7. The molecule has 10 heteroatoms. The molecule has 2 aromatic carbocycles. The molecule has 0 aliphatic carbocycles. The van der Waals surface area contributed by atoms with Crippen molar-refractivity contribution in [1.82, 2.24) is 19.0 Å². The number of aromatic hydroxyl groups is 1. The first-order chi connectivity index (χ1) is 19.4. The maximum Gasteiger partial charge on any atom is 0.332 e. The van der Waals surface area contributed by atoms with E-state index in [2.05, 4.69) is 35.6 Å². The number of phenols is 1. The van der Waals surface area contributed by atoms with Crippen LogP contribution in [0.1, 0.15) is 26.5 Å².